The summed E-state index contributed by atoms with van der Waals surface area (Å²) >= 11 is 0. The van der Waals surface area contributed by atoms with Crippen molar-refractivity contribution in [2.45, 2.75) is 0 Å². The Bertz CT molecular complexity index is 480. The minimum absolute atomic E-state index is 0.158. The van der Waals surface area contributed by atoms with Gasteiger partial charge in [0.2, 0.25) is 5.88 Å². The Morgan fingerprint density at radius 3 is 3.20 bits per heavy atom. The molecule has 0 atom stereocenters. The molecule has 0 fully saturated rings. The second kappa shape index (κ2) is 3.95. The van der Waals surface area contributed by atoms with Crippen molar-refractivity contribution < 1.29 is 14.3 Å². The third-order valence-corrected chi connectivity index (χ3v) is 1.84. The number of nitrogens with zero attached hydrogens (tertiary/aromatic N) is 3. The second-order valence-electron chi connectivity index (χ2n) is 2.76. The maximum Gasteiger partial charge on any atom is 0.343 e. The van der Waals surface area contributed by atoms with Gasteiger partial charge in [-0.15, -0.1) is 0 Å². The molecule has 0 amide bonds. The van der Waals surface area contributed by atoms with Crippen molar-refractivity contribution in [1.82, 2.24) is 14.6 Å². The molecule has 2 heterocycles. The molecule has 0 saturated heterocycles. The number of hydrogen-bond acceptors (Lipinski definition) is 5. The van der Waals surface area contributed by atoms with Crippen LogP contribution in [0.2, 0.25) is 0 Å². The lowest BCUT2D eigenvalue weighted by atomic mass is 10.5. The average molecular weight is 207 g/mol. The van der Waals surface area contributed by atoms with Crippen LogP contribution in [0.15, 0.2) is 24.7 Å². The number of aromatic nitrogens is 3. The van der Waals surface area contributed by atoms with E-state index < -0.39 is 5.97 Å². The molecule has 0 N–H and O–H groups in total. The van der Waals surface area contributed by atoms with E-state index in [4.69, 9.17) is 4.74 Å². The first kappa shape index (κ1) is 9.45. The number of fused-ring (bicyclic) bond motifs is 1. The van der Waals surface area contributed by atoms with Crippen LogP contribution in [-0.4, -0.2) is 34.3 Å². The van der Waals surface area contributed by atoms with E-state index in [1.165, 1.54) is 7.11 Å². The number of ether oxygens (including phenoxy) is 2. The molecule has 0 spiro atoms. The minimum atomic E-state index is -0.446. The molecule has 0 aliphatic heterocycles. The maximum absolute atomic E-state index is 10.9. The molecule has 0 radical (unpaired) electrons. The lowest BCUT2D eigenvalue weighted by Crippen LogP contribution is -2.13. The van der Waals surface area contributed by atoms with Gasteiger partial charge in [-0.25, -0.2) is 14.3 Å². The van der Waals surface area contributed by atoms with Gasteiger partial charge < -0.3 is 9.47 Å². The van der Waals surface area contributed by atoms with Crippen LogP contribution in [0.5, 0.6) is 5.88 Å². The van der Waals surface area contributed by atoms with E-state index in [-0.39, 0.29) is 6.61 Å². The van der Waals surface area contributed by atoms with Gasteiger partial charge in [0, 0.05) is 12.4 Å². The molecule has 0 aliphatic rings. The van der Waals surface area contributed by atoms with Crippen LogP contribution in [0.1, 0.15) is 0 Å². The zero-order valence-corrected chi connectivity index (χ0v) is 8.08. The lowest BCUT2D eigenvalue weighted by molar-refractivity contribution is -0.142. The standard InChI is InChI=1S/C9H9N3O3/c1-14-8(13)6-15-9-7-2-3-11-12(7)5-4-10-9/h2-5H,6H2,1H3. The van der Waals surface area contributed by atoms with Gasteiger partial charge in [-0.1, -0.05) is 0 Å². The summed E-state index contributed by atoms with van der Waals surface area (Å²) in [4.78, 5) is 14.9. The highest BCUT2D eigenvalue weighted by Gasteiger charge is 2.07. The zero-order valence-electron chi connectivity index (χ0n) is 8.08. The Labute approximate surface area is 85.4 Å². The number of rotatable bonds is 3. The SMILES string of the molecule is COC(=O)COc1nccn2nccc12. The zero-order chi connectivity index (χ0) is 10.7. The van der Waals surface area contributed by atoms with Gasteiger partial charge in [-0.05, 0) is 6.07 Å². The predicted octanol–water partition coefficient (Wildman–Crippen LogP) is 0.281. The first-order chi connectivity index (χ1) is 7.31. The van der Waals surface area contributed by atoms with Crippen LogP contribution in [-0.2, 0) is 9.53 Å². The minimum Gasteiger partial charge on any atom is -0.466 e. The average Bonchev–Trinajstić information content (AvgIpc) is 2.74. The number of methoxy groups -OCH3 is 1. The van der Waals surface area contributed by atoms with Crippen molar-refractivity contribution in [3.8, 4) is 5.88 Å². The predicted molar refractivity (Wildman–Crippen MR) is 50.5 cm³/mol. The summed E-state index contributed by atoms with van der Waals surface area (Å²) in [5.74, 6) is -0.0845. The van der Waals surface area contributed by atoms with Crippen LogP contribution >= 0.6 is 0 Å². The van der Waals surface area contributed by atoms with Crippen LogP contribution < -0.4 is 4.74 Å². The van der Waals surface area contributed by atoms with Gasteiger partial charge in [0.15, 0.2) is 6.61 Å². The van der Waals surface area contributed by atoms with E-state index in [2.05, 4.69) is 14.8 Å². The molecular formula is C9H9N3O3. The van der Waals surface area contributed by atoms with Gasteiger partial charge >= 0.3 is 5.97 Å². The summed E-state index contributed by atoms with van der Waals surface area (Å²) < 4.78 is 11.2. The van der Waals surface area contributed by atoms with Crippen molar-refractivity contribution in [2.75, 3.05) is 13.7 Å². The Hall–Kier alpha value is -2.11. The summed E-state index contributed by atoms with van der Waals surface area (Å²) in [5.41, 5.74) is 0.710. The van der Waals surface area contributed by atoms with Crippen molar-refractivity contribution >= 4 is 11.5 Å². The third-order valence-electron chi connectivity index (χ3n) is 1.84. The topological polar surface area (TPSA) is 65.7 Å². The fourth-order valence-electron chi connectivity index (χ4n) is 1.13. The molecule has 0 unspecified atom stereocenters. The molecule has 0 aliphatic carbocycles. The third kappa shape index (κ3) is 1.88. The summed E-state index contributed by atoms with van der Waals surface area (Å²) in [5, 5.41) is 4.01. The highest BCUT2D eigenvalue weighted by Crippen LogP contribution is 2.14. The van der Waals surface area contributed by atoms with Crippen molar-refractivity contribution in [2.24, 2.45) is 0 Å². The molecule has 0 bridgehead atoms. The highest BCUT2D eigenvalue weighted by atomic mass is 16.6. The Balaban J connectivity index is 2.20. The fraction of sp³-hybridized carbons (Fsp3) is 0.222. The lowest BCUT2D eigenvalue weighted by Gasteiger charge is -2.04. The van der Waals surface area contributed by atoms with Gasteiger partial charge in [0.25, 0.3) is 0 Å². The highest BCUT2D eigenvalue weighted by molar-refractivity contribution is 5.71. The number of carbonyl (C=O) groups is 1. The molecule has 6 nitrogen and oxygen atoms in total. The first-order valence-electron chi connectivity index (χ1n) is 4.29. The van der Waals surface area contributed by atoms with Crippen LogP contribution in [0.3, 0.4) is 0 Å². The van der Waals surface area contributed by atoms with Gasteiger partial charge in [-0.2, -0.15) is 5.10 Å². The van der Waals surface area contributed by atoms with Crippen LogP contribution in [0.25, 0.3) is 5.52 Å². The van der Waals surface area contributed by atoms with Crippen molar-refractivity contribution in [1.29, 1.82) is 0 Å². The molecule has 0 aromatic carbocycles. The van der Waals surface area contributed by atoms with E-state index in [0.29, 0.717) is 11.4 Å². The number of carbonyl (C=O) groups excluding carboxylic acids is 1. The Kier molecular flexibility index (Phi) is 2.49. The van der Waals surface area contributed by atoms with Crippen molar-refractivity contribution in [3.63, 3.8) is 0 Å². The Morgan fingerprint density at radius 2 is 2.40 bits per heavy atom. The van der Waals surface area contributed by atoms with Crippen LogP contribution in [0, 0.1) is 0 Å². The smallest absolute Gasteiger partial charge is 0.343 e. The summed E-state index contributed by atoms with van der Waals surface area (Å²) in [6.45, 7) is -0.158. The number of esters is 1. The largest absolute Gasteiger partial charge is 0.466 e. The van der Waals surface area contributed by atoms with Crippen LogP contribution in [0.4, 0.5) is 0 Å². The molecule has 2 rings (SSSR count). The quantitative estimate of drug-likeness (QED) is 0.676. The molecule has 15 heavy (non-hydrogen) atoms. The normalized spacial score (nSPS) is 10.2. The summed E-state index contributed by atoms with van der Waals surface area (Å²) in [6.07, 6.45) is 4.87. The molecule has 78 valence electrons. The van der Waals surface area contributed by atoms with Crippen molar-refractivity contribution in [3.05, 3.63) is 24.7 Å². The van der Waals surface area contributed by atoms with E-state index in [0.717, 1.165) is 0 Å². The first-order valence-corrected chi connectivity index (χ1v) is 4.29. The number of hydrogen-bond donors (Lipinski definition) is 0. The fourth-order valence-corrected chi connectivity index (χ4v) is 1.13. The molecule has 0 saturated carbocycles. The van der Waals surface area contributed by atoms with E-state index >= 15 is 0 Å². The van der Waals surface area contributed by atoms with Gasteiger partial charge in [0.1, 0.15) is 5.52 Å². The van der Waals surface area contributed by atoms with E-state index in [1.54, 1.807) is 29.2 Å². The molecule has 6 heteroatoms. The second-order valence-corrected chi connectivity index (χ2v) is 2.76. The van der Waals surface area contributed by atoms with E-state index in [9.17, 15) is 4.79 Å². The van der Waals surface area contributed by atoms with Gasteiger partial charge in [0.05, 0.1) is 13.3 Å². The summed E-state index contributed by atoms with van der Waals surface area (Å²) in [7, 11) is 1.30. The Morgan fingerprint density at radius 1 is 1.53 bits per heavy atom. The van der Waals surface area contributed by atoms with E-state index in [1.807, 2.05) is 0 Å². The summed E-state index contributed by atoms with van der Waals surface area (Å²) in [6, 6.07) is 1.75. The molecule has 2 aromatic heterocycles. The van der Waals surface area contributed by atoms with Gasteiger partial charge in [-0.3, -0.25) is 0 Å². The molecule has 2 aromatic rings. The monoisotopic (exact) mass is 207 g/mol. The maximum atomic E-state index is 10.9. The molecular weight excluding hydrogens is 198 g/mol.